The minimum Gasteiger partial charge on any atom is -0.467 e. The second kappa shape index (κ2) is 8.45. The fraction of sp³-hybridized carbons (Fsp3) is 0.400. The normalized spacial score (nSPS) is 22.2. The first-order valence-corrected chi connectivity index (χ1v) is 11.0. The number of hydrogen-bond donors (Lipinski definition) is 1. The minimum atomic E-state index is -5.22. The molecule has 1 aromatic heterocycles. The number of allylic oxidation sites excluding steroid dienone is 1. The molecule has 180 valence electrons. The number of alkyl halides is 3. The lowest BCUT2D eigenvalue weighted by molar-refractivity contribution is -0.194. The molecule has 2 amide bonds. The molecule has 2 aromatic rings. The topological polar surface area (TPSA) is 79.6 Å². The largest absolute Gasteiger partial charge is 0.467 e. The summed E-state index contributed by atoms with van der Waals surface area (Å²) < 4.78 is 49.4. The lowest BCUT2D eigenvalue weighted by atomic mass is 9.72. The Morgan fingerprint density at radius 3 is 2.41 bits per heavy atom. The standard InChI is InChI=1S/C25H25F3N2O4/c1-23(2)13-18-21(19(31)14-23)24(25(26,27)28,22(33)30(18)15-17-9-6-12-34-17)29-20(32)11-10-16-7-4-3-5-8-16/h3-9,12H,10-11,13-15H2,1-2H3,(H,29,32)/t24-/m1/s1. The van der Waals surface area contributed by atoms with E-state index in [4.69, 9.17) is 4.42 Å². The number of halogens is 3. The Hall–Kier alpha value is -3.36. The SMILES string of the molecule is CC1(C)CC(=O)C2=C(C1)N(Cc1ccco1)C(=O)[C@@]2(NC(=O)CCc1ccccc1)C(F)(F)F. The summed E-state index contributed by atoms with van der Waals surface area (Å²) in [5.41, 5.74) is -3.98. The molecule has 1 aromatic carbocycles. The second-order valence-corrected chi connectivity index (χ2v) is 9.51. The van der Waals surface area contributed by atoms with E-state index >= 15 is 0 Å². The molecule has 2 heterocycles. The molecule has 1 atom stereocenters. The van der Waals surface area contributed by atoms with E-state index in [1.807, 2.05) is 5.32 Å². The average Bonchev–Trinajstić information content (AvgIpc) is 3.33. The zero-order valence-electron chi connectivity index (χ0n) is 18.9. The van der Waals surface area contributed by atoms with Crippen molar-refractivity contribution in [3.05, 3.63) is 71.3 Å². The number of aryl methyl sites for hydroxylation is 1. The first-order chi connectivity index (χ1) is 15.9. The van der Waals surface area contributed by atoms with Gasteiger partial charge in [0.1, 0.15) is 5.76 Å². The van der Waals surface area contributed by atoms with Crippen LogP contribution in [0.3, 0.4) is 0 Å². The van der Waals surface area contributed by atoms with Gasteiger partial charge < -0.3 is 14.6 Å². The molecule has 0 fully saturated rings. The number of rotatable bonds is 6. The summed E-state index contributed by atoms with van der Waals surface area (Å²) in [4.78, 5) is 40.3. The molecule has 0 bridgehead atoms. The van der Waals surface area contributed by atoms with Crippen LogP contribution in [0, 0.1) is 5.41 Å². The molecular formula is C25H25F3N2O4. The smallest absolute Gasteiger partial charge is 0.425 e. The first-order valence-electron chi connectivity index (χ1n) is 11.0. The van der Waals surface area contributed by atoms with Crippen LogP contribution in [-0.4, -0.2) is 34.2 Å². The van der Waals surface area contributed by atoms with Crippen LogP contribution >= 0.6 is 0 Å². The number of carbonyl (C=O) groups excluding carboxylic acids is 3. The summed E-state index contributed by atoms with van der Waals surface area (Å²) in [6, 6.07) is 11.9. The Morgan fingerprint density at radius 1 is 1.09 bits per heavy atom. The number of Topliss-reactive ketones (excluding diaryl/α,β-unsaturated/α-hetero) is 1. The zero-order chi connectivity index (χ0) is 24.7. The molecule has 1 N–H and O–H groups in total. The third kappa shape index (κ3) is 4.15. The number of nitrogens with zero attached hydrogens (tertiary/aromatic N) is 1. The fourth-order valence-corrected chi connectivity index (χ4v) is 4.73. The summed E-state index contributed by atoms with van der Waals surface area (Å²) in [5, 5.41) is 1.95. The maximum absolute atomic E-state index is 14.7. The van der Waals surface area contributed by atoms with Gasteiger partial charge in [0.2, 0.25) is 11.4 Å². The molecule has 0 unspecified atom stereocenters. The van der Waals surface area contributed by atoms with Crippen molar-refractivity contribution in [1.29, 1.82) is 0 Å². The highest BCUT2D eigenvalue weighted by molar-refractivity contribution is 6.13. The molecule has 1 aliphatic carbocycles. The fourth-order valence-electron chi connectivity index (χ4n) is 4.73. The molecule has 9 heteroatoms. The van der Waals surface area contributed by atoms with Crippen molar-refractivity contribution in [2.75, 3.05) is 0 Å². The molecule has 2 aliphatic rings. The molecule has 34 heavy (non-hydrogen) atoms. The number of ketones is 1. The molecule has 6 nitrogen and oxygen atoms in total. The van der Waals surface area contributed by atoms with Crippen molar-refractivity contribution in [1.82, 2.24) is 10.2 Å². The van der Waals surface area contributed by atoms with Gasteiger partial charge in [-0.15, -0.1) is 0 Å². The number of carbonyl (C=O) groups is 3. The van der Waals surface area contributed by atoms with Gasteiger partial charge in [0.25, 0.3) is 5.91 Å². The van der Waals surface area contributed by atoms with Gasteiger partial charge in [0.15, 0.2) is 5.78 Å². The number of benzene rings is 1. The van der Waals surface area contributed by atoms with Crippen LogP contribution in [0.1, 0.15) is 44.4 Å². The molecule has 1 aliphatic heterocycles. The molecule has 0 saturated heterocycles. The molecule has 4 rings (SSSR count). The van der Waals surface area contributed by atoms with Crippen molar-refractivity contribution < 1.29 is 32.0 Å². The maximum atomic E-state index is 14.7. The number of nitrogens with one attached hydrogen (secondary N) is 1. The van der Waals surface area contributed by atoms with Gasteiger partial charge in [0.05, 0.1) is 18.4 Å². The van der Waals surface area contributed by atoms with Gasteiger partial charge in [-0.25, -0.2) is 0 Å². The van der Waals surface area contributed by atoms with E-state index < -0.39 is 40.3 Å². The molecular weight excluding hydrogens is 449 g/mol. The van der Waals surface area contributed by atoms with Gasteiger partial charge in [-0.2, -0.15) is 13.2 Å². The Morgan fingerprint density at radius 2 is 1.79 bits per heavy atom. The molecule has 0 saturated carbocycles. The Bertz CT molecular complexity index is 1140. The van der Waals surface area contributed by atoms with Gasteiger partial charge in [-0.3, -0.25) is 14.4 Å². The van der Waals surface area contributed by atoms with E-state index in [9.17, 15) is 27.6 Å². The highest BCUT2D eigenvalue weighted by atomic mass is 19.4. The van der Waals surface area contributed by atoms with Crippen molar-refractivity contribution in [3.8, 4) is 0 Å². The second-order valence-electron chi connectivity index (χ2n) is 9.51. The van der Waals surface area contributed by atoms with Gasteiger partial charge in [0, 0.05) is 18.5 Å². The third-order valence-electron chi connectivity index (χ3n) is 6.25. The lowest BCUT2D eigenvalue weighted by Crippen LogP contribution is -2.66. The zero-order valence-corrected chi connectivity index (χ0v) is 18.9. The highest BCUT2D eigenvalue weighted by Crippen LogP contribution is 2.52. The van der Waals surface area contributed by atoms with Crippen LogP contribution < -0.4 is 5.32 Å². The van der Waals surface area contributed by atoms with Crippen LogP contribution in [0.2, 0.25) is 0 Å². The number of amides is 2. The van der Waals surface area contributed by atoms with E-state index in [-0.39, 0.29) is 43.7 Å². The number of furan rings is 1. The van der Waals surface area contributed by atoms with Crippen molar-refractivity contribution in [2.24, 2.45) is 5.41 Å². The lowest BCUT2D eigenvalue weighted by Gasteiger charge is -2.35. The predicted molar refractivity (Wildman–Crippen MR) is 116 cm³/mol. The minimum absolute atomic E-state index is 0.0108. The monoisotopic (exact) mass is 474 g/mol. The van der Waals surface area contributed by atoms with E-state index in [2.05, 4.69) is 0 Å². The summed E-state index contributed by atoms with van der Waals surface area (Å²) >= 11 is 0. The van der Waals surface area contributed by atoms with Gasteiger partial charge >= 0.3 is 6.18 Å². The van der Waals surface area contributed by atoms with Crippen LogP contribution in [0.5, 0.6) is 0 Å². The van der Waals surface area contributed by atoms with Crippen LogP contribution in [0.25, 0.3) is 0 Å². The van der Waals surface area contributed by atoms with Crippen molar-refractivity contribution in [3.63, 3.8) is 0 Å². The Labute approximate surface area is 194 Å². The first kappa shape index (κ1) is 23.8. The van der Waals surface area contributed by atoms with E-state index in [0.29, 0.717) is 0 Å². The van der Waals surface area contributed by atoms with E-state index in [1.165, 1.54) is 12.3 Å². The summed E-state index contributed by atoms with van der Waals surface area (Å²) in [7, 11) is 0. The van der Waals surface area contributed by atoms with Crippen molar-refractivity contribution in [2.45, 2.75) is 57.8 Å². The quantitative estimate of drug-likeness (QED) is 0.677. The van der Waals surface area contributed by atoms with Gasteiger partial charge in [-0.1, -0.05) is 44.2 Å². The van der Waals surface area contributed by atoms with Crippen LogP contribution in [0.4, 0.5) is 13.2 Å². The predicted octanol–water partition coefficient (Wildman–Crippen LogP) is 4.32. The Balaban J connectivity index is 1.74. The molecule has 0 radical (unpaired) electrons. The Kier molecular flexibility index (Phi) is 5.91. The van der Waals surface area contributed by atoms with Crippen LogP contribution in [0.15, 0.2) is 64.4 Å². The van der Waals surface area contributed by atoms with E-state index in [1.54, 1.807) is 50.2 Å². The van der Waals surface area contributed by atoms with Gasteiger partial charge in [-0.05, 0) is 36.0 Å². The maximum Gasteiger partial charge on any atom is 0.425 e. The molecule has 0 spiro atoms. The summed E-state index contributed by atoms with van der Waals surface area (Å²) in [5.74, 6) is -2.87. The highest BCUT2D eigenvalue weighted by Gasteiger charge is 2.71. The summed E-state index contributed by atoms with van der Waals surface area (Å²) in [6.45, 7) is 3.25. The number of hydrogen-bond acceptors (Lipinski definition) is 4. The third-order valence-corrected chi connectivity index (χ3v) is 6.25. The average molecular weight is 474 g/mol. The van der Waals surface area contributed by atoms with E-state index in [0.717, 1.165) is 10.5 Å². The van der Waals surface area contributed by atoms with Crippen LogP contribution in [-0.2, 0) is 27.3 Å². The summed E-state index contributed by atoms with van der Waals surface area (Å²) in [6.07, 6.45) is -4.03. The van der Waals surface area contributed by atoms with Crippen molar-refractivity contribution >= 4 is 17.6 Å².